The molecule has 5 nitrogen and oxygen atoms in total. The van der Waals surface area contributed by atoms with Gasteiger partial charge in [-0.1, -0.05) is 17.7 Å². The van der Waals surface area contributed by atoms with Crippen LogP contribution in [0.1, 0.15) is 41.3 Å². The second kappa shape index (κ2) is 7.88. The summed E-state index contributed by atoms with van der Waals surface area (Å²) in [5, 5.41) is 12.0. The van der Waals surface area contributed by atoms with Gasteiger partial charge in [0.25, 0.3) is 5.91 Å². The Bertz CT molecular complexity index is 865. The number of alkyl halides is 1. The molecule has 1 aliphatic rings. The Kier molecular flexibility index (Phi) is 5.74. The lowest BCUT2D eigenvalue weighted by molar-refractivity contribution is -0.135. The Morgan fingerprint density at radius 3 is 3.00 bits per heavy atom. The van der Waals surface area contributed by atoms with Crippen LogP contribution in [0.2, 0.25) is 5.02 Å². The lowest BCUT2D eigenvalue weighted by Gasteiger charge is -2.33. The summed E-state index contributed by atoms with van der Waals surface area (Å²) in [5.41, 5.74) is -1.45. The van der Waals surface area contributed by atoms with E-state index in [9.17, 15) is 14.3 Å². The molecule has 1 aliphatic carbocycles. The number of pyridine rings is 1. The number of fused-ring (bicyclic) bond motifs is 1. The standard InChI is InChI=1S/C19H19ClF2N2O3/c1-27-16-4-5-19(22,14-3-2-6-23-17(14)16)18(26)24-9-13-11(10-25)7-12(20)8-15(13)21/h2-3,6-8,16,25H,4-5,9-10H2,1H3,(H,24,26)/t16-,19-/m0/s1. The topological polar surface area (TPSA) is 71.5 Å². The lowest BCUT2D eigenvalue weighted by atomic mass is 9.80. The van der Waals surface area contributed by atoms with Crippen molar-refractivity contribution in [2.24, 2.45) is 0 Å². The Hall–Kier alpha value is -2.09. The van der Waals surface area contributed by atoms with Crippen molar-refractivity contribution in [2.45, 2.75) is 37.8 Å². The number of hydrogen-bond acceptors (Lipinski definition) is 4. The predicted molar refractivity (Wildman–Crippen MR) is 95.2 cm³/mol. The highest BCUT2D eigenvalue weighted by atomic mass is 35.5. The second-order valence-corrected chi connectivity index (χ2v) is 6.80. The van der Waals surface area contributed by atoms with Crippen LogP contribution in [0.5, 0.6) is 0 Å². The molecule has 0 bridgehead atoms. The first-order valence-corrected chi connectivity index (χ1v) is 8.81. The monoisotopic (exact) mass is 396 g/mol. The van der Waals surface area contributed by atoms with E-state index < -0.39 is 24.0 Å². The fourth-order valence-electron chi connectivity index (χ4n) is 3.38. The normalized spacial score (nSPS) is 21.6. The van der Waals surface area contributed by atoms with Crippen molar-refractivity contribution in [1.29, 1.82) is 0 Å². The van der Waals surface area contributed by atoms with Crippen LogP contribution in [0.15, 0.2) is 30.5 Å². The van der Waals surface area contributed by atoms with Crippen LogP contribution in [0.25, 0.3) is 0 Å². The molecule has 0 radical (unpaired) electrons. The number of carbonyl (C=O) groups is 1. The highest BCUT2D eigenvalue weighted by Gasteiger charge is 2.47. The van der Waals surface area contributed by atoms with Gasteiger partial charge in [-0.2, -0.15) is 0 Å². The van der Waals surface area contributed by atoms with E-state index in [4.69, 9.17) is 16.3 Å². The van der Waals surface area contributed by atoms with E-state index >= 15 is 4.39 Å². The Morgan fingerprint density at radius 1 is 1.52 bits per heavy atom. The molecule has 8 heteroatoms. The number of aliphatic hydroxyl groups excluding tert-OH is 1. The van der Waals surface area contributed by atoms with Gasteiger partial charge in [0.05, 0.1) is 18.4 Å². The molecule has 1 amide bonds. The molecule has 27 heavy (non-hydrogen) atoms. The molecule has 0 saturated carbocycles. The molecule has 0 aliphatic heterocycles. The number of halogens is 3. The van der Waals surface area contributed by atoms with Crippen molar-refractivity contribution in [1.82, 2.24) is 10.3 Å². The quantitative estimate of drug-likeness (QED) is 0.813. The van der Waals surface area contributed by atoms with Crippen molar-refractivity contribution in [3.8, 4) is 0 Å². The van der Waals surface area contributed by atoms with Crippen LogP contribution in [0.3, 0.4) is 0 Å². The molecule has 0 spiro atoms. The van der Waals surface area contributed by atoms with Gasteiger partial charge in [0, 0.05) is 36.0 Å². The minimum atomic E-state index is -2.29. The molecule has 0 fully saturated rings. The number of hydrogen-bond donors (Lipinski definition) is 2. The summed E-state index contributed by atoms with van der Waals surface area (Å²) >= 11 is 5.77. The molecular weight excluding hydrogens is 378 g/mol. The van der Waals surface area contributed by atoms with Crippen molar-refractivity contribution in [2.75, 3.05) is 7.11 Å². The largest absolute Gasteiger partial charge is 0.392 e. The fraction of sp³-hybridized carbons (Fsp3) is 0.368. The zero-order chi connectivity index (χ0) is 19.6. The van der Waals surface area contributed by atoms with Gasteiger partial charge in [0.1, 0.15) is 5.82 Å². The molecule has 0 saturated heterocycles. The van der Waals surface area contributed by atoms with Crippen molar-refractivity contribution in [3.05, 3.63) is 63.7 Å². The molecule has 0 unspecified atom stereocenters. The summed E-state index contributed by atoms with van der Waals surface area (Å²) in [6.45, 7) is -0.724. The van der Waals surface area contributed by atoms with Gasteiger partial charge in [-0.05, 0) is 36.6 Å². The van der Waals surface area contributed by atoms with E-state index in [1.807, 2.05) is 0 Å². The first kappa shape index (κ1) is 19.7. The van der Waals surface area contributed by atoms with E-state index in [0.29, 0.717) is 12.1 Å². The third-order valence-corrected chi connectivity index (χ3v) is 5.03. The van der Waals surface area contributed by atoms with Gasteiger partial charge >= 0.3 is 0 Å². The third kappa shape index (κ3) is 3.67. The van der Waals surface area contributed by atoms with Gasteiger partial charge in [0.2, 0.25) is 5.67 Å². The summed E-state index contributed by atoms with van der Waals surface area (Å²) in [6.07, 6.45) is 1.35. The summed E-state index contributed by atoms with van der Waals surface area (Å²) in [5.74, 6) is -1.56. The Labute approximate surface area is 160 Å². The van der Waals surface area contributed by atoms with Crippen molar-refractivity contribution < 1.29 is 23.4 Å². The molecule has 1 aromatic carbocycles. The highest BCUT2D eigenvalue weighted by molar-refractivity contribution is 6.30. The summed E-state index contributed by atoms with van der Waals surface area (Å²) < 4.78 is 35.1. The summed E-state index contributed by atoms with van der Waals surface area (Å²) in [7, 11) is 1.51. The molecule has 1 heterocycles. The van der Waals surface area contributed by atoms with Crippen molar-refractivity contribution >= 4 is 17.5 Å². The maximum atomic E-state index is 15.6. The van der Waals surface area contributed by atoms with Gasteiger partial charge in [-0.3, -0.25) is 9.78 Å². The maximum absolute atomic E-state index is 15.6. The average molecular weight is 397 g/mol. The number of aliphatic hydroxyl groups is 1. The van der Waals surface area contributed by atoms with Crippen LogP contribution >= 0.6 is 11.6 Å². The van der Waals surface area contributed by atoms with E-state index in [0.717, 1.165) is 6.07 Å². The SMILES string of the molecule is CO[C@H]1CC[C@@](F)(C(=O)NCc2c(F)cc(Cl)cc2CO)c2cccnc21. The summed E-state index contributed by atoms with van der Waals surface area (Å²) in [6, 6.07) is 5.55. The van der Waals surface area contributed by atoms with Crippen LogP contribution in [-0.4, -0.2) is 23.1 Å². The van der Waals surface area contributed by atoms with E-state index in [1.165, 1.54) is 25.4 Å². The molecular formula is C19H19ClF2N2O3. The number of nitrogens with one attached hydrogen (secondary N) is 1. The number of amides is 1. The van der Waals surface area contributed by atoms with Gasteiger partial charge in [-0.15, -0.1) is 0 Å². The molecule has 1 aromatic heterocycles. The molecule has 2 N–H and O–H groups in total. The number of benzene rings is 1. The van der Waals surface area contributed by atoms with Gasteiger partial charge in [-0.25, -0.2) is 8.78 Å². The first-order valence-electron chi connectivity index (χ1n) is 8.43. The van der Waals surface area contributed by atoms with E-state index in [1.54, 1.807) is 6.07 Å². The summed E-state index contributed by atoms with van der Waals surface area (Å²) in [4.78, 5) is 16.8. The number of aromatic nitrogens is 1. The smallest absolute Gasteiger partial charge is 0.262 e. The zero-order valence-electron chi connectivity index (χ0n) is 14.6. The minimum Gasteiger partial charge on any atom is -0.392 e. The van der Waals surface area contributed by atoms with Crippen LogP contribution < -0.4 is 5.32 Å². The molecule has 2 atom stereocenters. The second-order valence-electron chi connectivity index (χ2n) is 6.37. The van der Waals surface area contributed by atoms with E-state index in [2.05, 4.69) is 10.3 Å². The number of ether oxygens (including phenoxy) is 1. The predicted octanol–water partition coefficient (Wildman–Crippen LogP) is 3.33. The number of carbonyl (C=O) groups excluding carboxylic acids is 1. The van der Waals surface area contributed by atoms with Gasteiger partial charge in [0.15, 0.2) is 0 Å². The highest BCUT2D eigenvalue weighted by Crippen LogP contribution is 2.43. The molecule has 144 valence electrons. The van der Waals surface area contributed by atoms with Gasteiger partial charge < -0.3 is 15.2 Å². The number of nitrogens with zero attached hydrogens (tertiary/aromatic N) is 1. The zero-order valence-corrected chi connectivity index (χ0v) is 15.4. The van der Waals surface area contributed by atoms with Crippen LogP contribution in [0, 0.1) is 5.82 Å². The van der Waals surface area contributed by atoms with E-state index in [-0.39, 0.29) is 40.8 Å². The van der Waals surface area contributed by atoms with Crippen LogP contribution in [0.4, 0.5) is 8.78 Å². The molecule has 2 aromatic rings. The first-order chi connectivity index (χ1) is 12.9. The maximum Gasteiger partial charge on any atom is 0.262 e. The number of methoxy groups -OCH3 is 1. The Balaban J connectivity index is 1.85. The minimum absolute atomic E-state index is 0.0656. The molecule has 3 rings (SSSR count). The lowest BCUT2D eigenvalue weighted by Crippen LogP contribution is -2.44. The Morgan fingerprint density at radius 2 is 2.30 bits per heavy atom. The van der Waals surface area contributed by atoms with Crippen LogP contribution in [-0.2, 0) is 28.4 Å². The number of rotatable bonds is 5. The fourth-order valence-corrected chi connectivity index (χ4v) is 3.61. The average Bonchev–Trinajstić information content (AvgIpc) is 2.67. The third-order valence-electron chi connectivity index (χ3n) is 4.81. The van der Waals surface area contributed by atoms with Crippen molar-refractivity contribution in [3.63, 3.8) is 0 Å².